The van der Waals surface area contributed by atoms with E-state index in [-0.39, 0.29) is 40.4 Å². The Bertz CT molecular complexity index is 1010. The van der Waals surface area contributed by atoms with Gasteiger partial charge in [0.2, 0.25) is 5.69 Å². The van der Waals surface area contributed by atoms with Crippen molar-refractivity contribution in [1.82, 2.24) is 15.5 Å². The molecule has 3 rings (SSSR count). The van der Waals surface area contributed by atoms with E-state index in [1.54, 1.807) is 0 Å². The fraction of sp³-hybridized carbons (Fsp3) is 0.353. The van der Waals surface area contributed by atoms with Crippen LogP contribution in [0.5, 0.6) is 5.75 Å². The van der Waals surface area contributed by atoms with Crippen molar-refractivity contribution in [2.45, 2.75) is 23.8 Å². The van der Waals surface area contributed by atoms with Crippen LogP contribution in [0, 0.1) is 11.3 Å². The molecule has 0 unspecified atom stereocenters. The Morgan fingerprint density at radius 3 is 2.41 bits per heavy atom. The molecule has 0 atom stereocenters. The number of ether oxygens (including phenoxy) is 1. The average Bonchev–Trinajstić information content (AvgIpc) is 2.62. The maximum absolute atomic E-state index is 12.4. The third-order valence-corrected chi connectivity index (χ3v) is 5.31. The molecule has 1 aromatic heterocycles. The predicted octanol–water partition coefficient (Wildman–Crippen LogP) is 1.26. The molecule has 2 N–H and O–H groups in total. The van der Waals surface area contributed by atoms with Crippen LogP contribution in [0.4, 0.5) is 0 Å². The molecule has 1 aliphatic rings. The second-order valence-electron chi connectivity index (χ2n) is 6.08. The number of nitrogens with one attached hydrogen (secondary N) is 2. The third kappa shape index (κ3) is 4.66. The number of halogens is 1. The molecule has 1 aliphatic heterocycles. The zero-order valence-corrected chi connectivity index (χ0v) is 16.2. The quantitative estimate of drug-likeness (QED) is 0.777. The van der Waals surface area contributed by atoms with Gasteiger partial charge in [-0.2, -0.15) is 10.4 Å². The predicted molar refractivity (Wildman–Crippen MR) is 102 cm³/mol. The number of hydrogen-bond acceptors (Lipinski definition) is 7. The molecule has 0 saturated carbocycles. The number of benzene rings is 1. The summed E-state index contributed by atoms with van der Waals surface area (Å²) in [5.74, 6) is 0.134. The van der Waals surface area contributed by atoms with E-state index in [0.29, 0.717) is 5.56 Å². The lowest BCUT2D eigenvalue weighted by molar-refractivity contribution is 0.161. The van der Waals surface area contributed by atoms with Crippen LogP contribution >= 0.6 is 12.4 Å². The first-order valence-corrected chi connectivity index (χ1v) is 10.00. The van der Waals surface area contributed by atoms with Crippen LogP contribution in [0.3, 0.4) is 0 Å². The van der Waals surface area contributed by atoms with Crippen molar-refractivity contribution in [3.8, 4) is 22.9 Å². The van der Waals surface area contributed by atoms with Gasteiger partial charge < -0.3 is 10.1 Å². The van der Waals surface area contributed by atoms with E-state index in [1.807, 2.05) is 6.07 Å². The molecular weight excluding hydrogens is 392 g/mol. The highest BCUT2D eigenvalue weighted by molar-refractivity contribution is 7.90. The van der Waals surface area contributed by atoms with Crippen molar-refractivity contribution in [3.05, 3.63) is 40.3 Å². The van der Waals surface area contributed by atoms with E-state index < -0.39 is 15.4 Å². The number of nitriles is 1. The van der Waals surface area contributed by atoms with E-state index in [9.17, 15) is 18.5 Å². The van der Waals surface area contributed by atoms with Gasteiger partial charge in [0.1, 0.15) is 12.2 Å². The van der Waals surface area contributed by atoms with Gasteiger partial charge in [0.25, 0.3) is 5.56 Å². The first-order chi connectivity index (χ1) is 12.4. The normalized spacial score (nSPS) is 14.8. The van der Waals surface area contributed by atoms with E-state index in [1.165, 1.54) is 24.3 Å². The molecule has 2 aromatic rings. The minimum atomic E-state index is -3.35. The lowest BCUT2D eigenvalue weighted by atomic mass is 10.1. The zero-order valence-electron chi connectivity index (χ0n) is 14.6. The SMILES string of the molecule is CS(=O)(=O)c1ccc(-c2c(OC3CCNCC3)c(C#N)n[nH]c2=O)cc1.Cl. The number of nitrogens with zero attached hydrogens (tertiary/aromatic N) is 2. The van der Waals surface area contributed by atoms with Crippen LogP contribution in [0.2, 0.25) is 0 Å². The van der Waals surface area contributed by atoms with Crippen LogP contribution in [0.1, 0.15) is 18.5 Å². The number of H-pyrrole nitrogens is 1. The Kier molecular flexibility index (Phi) is 6.59. The van der Waals surface area contributed by atoms with Crippen molar-refractivity contribution in [2.75, 3.05) is 19.3 Å². The number of aromatic nitrogens is 2. The number of rotatable bonds is 4. The summed E-state index contributed by atoms with van der Waals surface area (Å²) < 4.78 is 29.2. The summed E-state index contributed by atoms with van der Waals surface area (Å²) in [5, 5.41) is 18.6. The summed E-state index contributed by atoms with van der Waals surface area (Å²) in [7, 11) is -3.35. The van der Waals surface area contributed by atoms with Crippen molar-refractivity contribution in [1.29, 1.82) is 5.26 Å². The van der Waals surface area contributed by atoms with Crippen LogP contribution in [0.15, 0.2) is 34.0 Å². The Morgan fingerprint density at radius 1 is 1.22 bits per heavy atom. The number of sulfone groups is 1. The highest BCUT2D eigenvalue weighted by Gasteiger charge is 2.23. The van der Waals surface area contributed by atoms with Crippen molar-refractivity contribution < 1.29 is 13.2 Å². The number of hydrogen-bond donors (Lipinski definition) is 2. The van der Waals surface area contributed by atoms with Gasteiger partial charge in [-0.25, -0.2) is 13.5 Å². The number of piperidine rings is 1. The van der Waals surface area contributed by atoms with Crippen molar-refractivity contribution in [2.24, 2.45) is 0 Å². The van der Waals surface area contributed by atoms with Crippen LogP contribution < -0.4 is 15.6 Å². The summed E-state index contributed by atoms with van der Waals surface area (Å²) in [6.45, 7) is 1.59. The Balaban J connectivity index is 0.00000261. The molecule has 1 fully saturated rings. The van der Waals surface area contributed by atoms with Gasteiger partial charge in [-0.15, -0.1) is 12.4 Å². The molecular formula is C17H19ClN4O4S. The van der Waals surface area contributed by atoms with Crippen LogP contribution in [-0.2, 0) is 9.84 Å². The van der Waals surface area contributed by atoms with Crippen LogP contribution in [-0.4, -0.2) is 44.1 Å². The molecule has 144 valence electrons. The third-order valence-electron chi connectivity index (χ3n) is 4.19. The summed E-state index contributed by atoms with van der Waals surface area (Å²) >= 11 is 0. The molecule has 8 nitrogen and oxygen atoms in total. The summed E-state index contributed by atoms with van der Waals surface area (Å²) in [6, 6.07) is 7.83. The lowest BCUT2D eigenvalue weighted by Gasteiger charge is -2.25. The molecule has 0 bridgehead atoms. The highest BCUT2D eigenvalue weighted by atomic mass is 35.5. The van der Waals surface area contributed by atoms with Gasteiger partial charge in [-0.3, -0.25) is 4.79 Å². The van der Waals surface area contributed by atoms with Crippen molar-refractivity contribution >= 4 is 22.2 Å². The van der Waals surface area contributed by atoms with Gasteiger partial charge in [0.05, 0.1) is 10.5 Å². The topological polar surface area (TPSA) is 125 Å². The minimum absolute atomic E-state index is 0. The maximum atomic E-state index is 12.4. The van der Waals surface area contributed by atoms with Crippen LogP contribution in [0.25, 0.3) is 11.1 Å². The molecule has 10 heteroatoms. The standard InChI is InChI=1S/C17H18N4O4S.ClH/c1-26(23,24)13-4-2-11(3-5-13)15-16(14(10-18)20-21-17(15)22)25-12-6-8-19-9-7-12;/h2-5,12,19H,6-9H2,1H3,(H,21,22);1H. The van der Waals surface area contributed by atoms with Gasteiger partial charge in [-0.1, -0.05) is 12.1 Å². The monoisotopic (exact) mass is 410 g/mol. The van der Waals surface area contributed by atoms with Gasteiger partial charge in [0, 0.05) is 6.26 Å². The molecule has 0 amide bonds. The highest BCUT2D eigenvalue weighted by Crippen LogP contribution is 2.31. The summed E-state index contributed by atoms with van der Waals surface area (Å²) in [5.41, 5.74) is 0.127. The van der Waals surface area contributed by atoms with Gasteiger partial charge >= 0.3 is 0 Å². The molecule has 0 spiro atoms. The van der Waals surface area contributed by atoms with E-state index in [2.05, 4.69) is 15.5 Å². The second-order valence-corrected chi connectivity index (χ2v) is 8.10. The van der Waals surface area contributed by atoms with Crippen molar-refractivity contribution in [3.63, 3.8) is 0 Å². The fourth-order valence-corrected chi connectivity index (χ4v) is 3.47. The maximum Gasteiger partial charge on any atom is 0.275 e. The molecule has 1 saturated heterocycles. The van der Waals surface area contributed by atoms with Gasteiger partial charge in [0.15, 0.2) is 15.6 Å². The van der Waals surface area contributed by atoms with Gasteiger partial charge in [-0.05, 0) is 43.6 Å². The second kappa shape index (κ2) is 8.52. The summed E-state index contributed by atoms with van der Waals surface area (Å²) in [6.07, 6.45) is 2.50. The first-order valence-electron chi connectivity index (χ1n) is 8.11. The van der Waals surface area contributed by atoms with E-state index >= 15 is 0 Å². The number of aromatic amines is 1. The first kappa shape index (κ1) is 20.9. The Labute approximate surface area is 162 Å². The fourth-order valence-electron chi connectivity index (χ4n) is 2.84. The smallest absolute Gasteiger partial charge is 0.275 e. The minimum Gasteiger partial charge on any atom is -0.486 e. The summed E-state index contributed by atoms with van der Waals surface area (Å²) in [4.78, 5) is 12.5. The van der Waals surface area contributed by atoms with E-state index in [4.69, 9.17) is 4.74 Å². The molecule has 0 radical (unpaired) electrons. The average molecular weight is 411 g/mol. The van der Waals surface area contributed by atoms with E-state index in [0.717, 1.165) is 32.2 Å². The lowest BCUT2D eigenvalue weighted by Crippen LogP contribution is -2.34. The largest absolute Gasteiger partial charge is 0.486 e. The molecule has 0 aliphatic carbocycles. The Hall–Kier alpha value is -2.41. The molecule has 27 heavy (non-hydrogen) atoms. The molecule has 1 aromatic carbocycles. The Morgan fingerprint density at radius 2 is 1.85 bits per heavy atom. The molecule has 2 heterocycles. The zero-order chi connectivity index (χ0) is 18.7.